The van der Waals surface area contributed by atoms with Crippen LogP contribution in [0, 0.1) is 0 Å². The van der Waals surface area contributed by atoms with E-state index >= 15 is 0 Å². The van der Waals surface area contributed by atoms with Gasteiger partial charge in [-0.05, 0) is 25.8 Å². The molecule has 2 rings (SSSR count). The molecule has 0 amide bonds. The van der Waals surface area contributed by atoms with Crippen LogP contribution in [0.3, 0.4) is 0 Å². The third-order valence-electron chi connectivity index (χ3n) is 3.47. The molecule has 0 aliphatic heterocycles. The van der Waals surface area contributed by atoms with E-state index < -0.39 is 5.54 Å². The maximum atomic E-state index is 11.6. The molecule has 0 aliphatic rings. The zero-order valence-electron chi connectivity index (χ0n) is 13.3. The summed E-state index contributed by atoms with van der Waals surface area (Å²) in [7, 11) is 1.36. The highest BCUT2D eigenvalue weighted by Gasteiger charge is 2.28. The third-order valence-corrected chi connectivity index (χ3v) is 3.47. The second-order valence-electron chi connectivity index (χ2n) is 5.53. The quantitative estimate of drug-likeness (QED) is 0.825. The highest BCUT2D eigenvalue weighted by Crippen LogP contribution is 2.17. The zero-order chi connectivity index (χ0) is 16.2. The molecule has 0 atom stereocenters. The first-order valence-corrected chi connectivity index (χ1v) is 7.21. The molecule has 0 radical (unpaired) electrons. The molecule has 1 aromatic carbocycles. The number of methoxy groups -OCH3 is 1. The van der Waals surface area contributed by atoms with Gasteiger partial charge in [-0.2, -0.15) is 4.98 Å². The molecule has 1 heterocycles. The fourth-order valence-electron chi connectivity index (χ4n) is 1.96. The van der Waals surface area contributed by atoms with Crippen LogP contribution in [0.15, 0.2) is 28.8 Å². The Labute approximate surface area is 129 Å². The van der Waals surface area contributed by atoms with Gasteiger partial charge in [-0.3, -0.25) is 10.1 Å². The van der Waals surface area contributed by atoms with Crippen molar-refractivity contribution in [2.75, 3.05) is 7.11 Å². The average Bonchev–Trinajstić information content (AvgIpc) is 3.01. The van der Waals surface area contributed by atoms with Crippen molar-refractivity contribution in [1.29, 1.82) is 0 Å². The Balaban J connectivity index is 2.03. The van der Waals surface area contributed by atoms with Gasteiger partial charge in [0.25, 0.3) is 0 Å². The van der Waals surface area contributed by atoms with Gasteiger partial charge in [0.1, 0.15) is 5.54 Å². The molecule has 0 saturated carbocycles. The van der Waals surface area contributed by atoms with Crippen LogP contribution in [0.4, 0.5) is 0 Å². The zero-order valence-corrected chi connectivity index (χ0v) is 13.3. The summed E-state index contributed by atoms with van der Waals surface area (Å²) in [6.07, 6.45) is 0.990. The van der Waals surface area contributed by atoms with E-state index in [2.05, 4.69) is 22.4 Å². The fraction of sp³-hybridized carbons (Fsp3) is 0.438. The average molecular weight is 303 g/mol. The van der Waals surface area contributed by atoms with Gasteiger partial charge in [0.05, 0.1) is 13.7 Å². The molecule has 0 unspecified atom stereocenters. The second-order valence-corrected chi connectivity index (χ2v) is 5.53. The van der Waals surface area contributed by atoms with E-state index in [0.29, 0.717) is 18.3 Å². The second kappa shape index (κ2) is 6.70. The minimum Gasteiger partial charge on any atom is -0.468 e. The van der Waals surface area contributed by atoms with Crippen molar-refractivity contribution in [3.05, 3.63) is 35.7 Å². The molecule has 0 fully saturated rings. The third kappa shape index (κ3) is 3.71. The summed E-state index contributed by atoms with van der Waals surface area (Å²) in [5.74, 6) is 0.615. The Hall–Kier alpha value is -2.21. The van der Waals surface area contributed by atoms with Gasteiger partial charge in [-0.25, -0.2) is 0 Å². The number of aryl methyl sites for hydroxylation is 1. The molecule has 6 nitrogen and oxygen atoms in total. The van der Waals surface area contributed by atoms with E-state index in [9.17, 15) is 4.79 Å². The first-order valence-electron chi connectivity index (χ1n) is 7.21. The molecule has 6 heteroatoms. The van der Waals surface area contributed by atoms with E-state index in [-0.39, 0.29) is 5.97 Å². The normalized spacial score (nSPS) is 11.5. The largest absolute Gasteiger partial charge is 0.468 e. The number of carbonyl (C=O) groups excluding carboxylic acids is 1. The molecule has 1 aromatic heterocycles. The lowest BCUT2D eigenvalue weighted by molar-refractivity contribution is -0.147. The van der Waals surface area contributed by atoms with Crippen molar-refractivity contribution in [1.82, 2.24) is 15.5 Å². The minimum atomic E-state index is -0.813. The molecular weight excluding hydrogens is 282 g/mol. The monoisotopic (exact) mass is 303 g/mol. The van der Waals surface area contributed by atoms with Crippen molar-refractivity contribution in [3.63, 3.8) is 0 Å². The van der Waals surface area contributed by atoms with Gasteiger partial charge in [0.15, 0.2) is 0 Å². The van der Waals surface area contributed by atoms with Crippen molar-refractivity contribution in [2.45, 2.75) is 39.3 Å². The summed E-state index contributed by atoms with van der Waals surface area (Å²) in [5, 5.41) is 7.00. The van der Waals surface area contributed by atoms with E-state index in [1.807, 2.05) is 24.3 Å². The standard InChI is InChI=1S/C16H21N3O3/c1-5-11-6-8-12(9-7-11)14-18-13(22-19-14)10-17-16(2,3)15(20)21-4/h6-9,17H,5,10H2,1-4H3. The number of rotatable bonds is 6. The summed E-state index contributed by atoms with van der Waals surface area (Å²) < 4.78 is 9.94. The maximum Gasteiger partial charge on any atom is 0.325 e. The first-order chi connectivity index (χ1) is 10.5. The first kappa shape index (κ1) is 16.2. The Morgan fingerprint density at radius 1 is 1.32 bits per heavy atom. The molecule has 0 bridgehead atoms. The SMILES string of the molecule is CCc1ccc(-c2noc(CNC(C)(C)C(=O)OC)n2)cc1. The van der Waals surface area contributed by atoms with Crippen molar-refractivity contribution in [2.24, 2.45) is 0 Å². The predicted octanol–water partition coefficient (Wildman–Crippen LogP) is 2.34. The van der Waals surface area contributed by atoms with Crippen molar-refractivity contribution >= 4 is 5.97 Å². The van der Waals surface area contributed by atoms with E-state index in [0.717, 1.165) is 12.0 Å². The van der Waals surface area contributed by atoms with Gasteiger partial charge in [0.2, 0.25) is 11.7 Å². The molecule has 2 aromatic rings. The van der Waals surface area contributed by atoms with Gasteiger partial charge in [-0.1, -0.05) is 36.3 Å². The number of esters is 1. The van der Waals surface area contributed by atoms with Gasteiger partial charge in [0, 0.05) is 5.56 Å². The summed E-state index contributed by atoms with van der Waals surface area (Å²) >= 11 is 0. The Morgan fingerprint density at radius 2 is 2.00 bits per heavy atom. The number of nitrogens with zero attached hydrogens (tertiary/aromatic N) is 2. The van der Waals surface area contributed by atoms with Crippen molar-refractivity contribution in [3.8, 4) is 11.4 Å². The molecule has 1 N–H and O–H groups in total. The Bertz CT molecular complexity index is 632. The van der Waals surface area contributed by atoms with Crippen LogP contribution in [0.1, 0.15) is 32.2 Å². The van der Waals surface area contributed by atoms with E-state index in [1.165, 1.54) is 12.7 Å². The topological polar surface area (TPSA) is 77.2 Å². The van der Waals surface area contributed by atoms with Gasteiger partial charge in [-0.15, -0.1) is 0 Å². The molecule has 22 heavy (non-hydrogen) atoms. The summed E-state index contributed by atoms with van der Waals surface area (Å²) in [6.45, 7) is 5.87. The lowest BCUT2D eigenvalue weighted by Crippen LogP contribution is -2.47. The lowest BCUT2D eigenvalue weighted by Gasteiger charge is -2.21. The van der Waals surface area contributed by atoms with Gasteiger partial charge >= 0.3 is 5.97 Å². The van der Waals surface area contributed by atoms with Crippen LogP contribution in [-0.2, 0) is 22.5 Å². The highest BCUT2D eigenvalue weighted by atomic mass is 16.5. The smallest absolute Gasteiger partial charge is 0.325 e. The summed E-state index contributed by atoms with van der Waals surface area (Å²) in [5.41, 5.74) is 1.35. The number of ether oxygens (including phenoxy) is 1. The van der Waals surface area contributed by atoms with Gasteiger partial charge < -0.3 is 9.26 Å². The van der Waals surface area contributed by atoms with Crippen LogP contribution >= 0.6 is 0 Å². The van der Waals surface area contributed by atoms with Crippen LogP contribution < -0.4 is 5.32 Å². The van der Waals surface area contributed by atoms with E-state index in [1.54, 1.807) is 13.8 Å². The Morgan fingerprint density at radius 3 is 2.59 bits per heavy atom. The Kier molecular flexibility index (Phi) is 4.92. The van der Waals surface area contributed by atoms with Crippen LogP contribution in [-0.4, -0.2) is 28.8 Å². The summed E-state index contributed by atoms with van der Waals surface area (Å²) in [4.78, 5) is 15.9. The highest BCUT2D eigenvalue weighted by molar-refractivity contribution is 5.79. The molecule has 118 valence electrons. The predicted molar refractivity (Wildman–Crippen MR) is 82.0 cm³/mol. The molecule has 0 saturated heterocycles. The van der Waals surface area contributed by atoms with Crippen LogP contribution in [0.5, 0.6) is 0 Å². The number of hydrogen-bond donors (Lipinski definition) is 1. The van der Waals surface area contributed by atoms with Crippen LogP contribution in [0.2, 0.25) is 0 Å². The number of carbonyl (C=O) groups is 1. The number of hydrogen-bond acceptors (Lipinski definition) is 6. The number of benzene rings is 1. The number of aromatic nitrogens is 2. The number of nitrogens with one attached hydrogen (secondary N) is 1. The maximum absolute atomic E-state index is 11.6. The molecule has 0 spiro atoms. The summed E-state index contributed by atoms with van der Waals surface area (Å²) in [6, 6.07) is 8.03. The minimum absolute atomic E-state index is 0.294. The van der Waals surface area contributed by atoms with Crippen molar-refractivity contribution < 1.29 is 14.1 Å². The van der Waals surface area contributed by atoms with E-state index in [4.69, 9.17) is 9.26 Å². The molecular formula is C16H21N3O3. The molecule has 0 aliphatic carbocycles. The lowest BCUT2D eigenvalue weighted by atomic mass is 10.1. The van der Waals surface area contributed by atoms with Crippen LogP contribution in [0.25, 0.3) is 11.4 Å². The fourth-order valence-corrected chi connectivity index (χ4v) is 1.96.